The fourth-order valence-corrected chi connectivity index (χ4v) is 4.21. The fourth-order valence-electron chi connectivity index (χ4n) is 4.21. The van der Waals surface area contributed by atoms with Gasteiger partial charge < -0.3 is 25.2 Å². The van der Waals surface area contributed by atoms with Crippen LogP contribution in [0.4, 0.5) is 0 Å². The highest BCUT2D eigenvalue weighted by Gasteiger charge is 2.43. The summed E-state index contributed by atoms with van der Waals surface area (Å²) in [6, 6.07) is 16.4. The number of hydrogen-bond acceptors (Lipinski definition) is 6. The molecule has 1 heterocycles. The molecule has 1 aliphatic rings. The molecule has 8 nitrogen and oxygen atoms in total. The first-order chi connectivity index (χ1) is 15.8. The number of nitrogens with zero attached hydrogens (tertiary/aromatic N) is 1. The van der Waals surface area contributed by atoms with Gasteiger partial charge in [-0.3, -0.25) is 14.4 Å². The summed E-state index contributed by atoms with van der Waals surface area (Å²) in [5, 5.41) is 23.1. The Morgan fingerprint density at radius 1 is 1.00 bits per heavy atom. The third kappa shape index (κ3) is 5.40. The minimum absolute atomic E-state index is 0.0271. The lowest BCUT2D eigenvalue weighted by Crippen LogP contribution is -2.54. The Morgan fingerprint density at radius 2 is 1.61 bits per heavy atom. The molecule has 3 N–H and O–H groups in total. The van der Waals surface area contributed by atoms with E-state index in [2.05, 4.69) is 5.32 Å². The number of likely N-dealkylation sites (tertiary alicyclic amines) is 1. The highest BCUT2D eigenvalue weighted by Crippen LogP contribution is 2.36. The number of nitrogens with one attached hydrogen (secondary N) is 1. The zero-order valence-electron chi connectivity index (χ0n) is 18.9. The normalized spacial score (nSPS) is 17.0. The average Bonchev–Trinajstić information content (AvgIpc) is 2.86. The van der Waals surface area contributed by atoms with Gasteiger partial charge in [-0.25, -0.2) is 0 Å². The number of methoxy groups -OCH3 is 1. The van der Waals surface area contributed by atoms with E-state index in [9.17, 15) is 24.6 Å². The SMILES string of the molecule is COc1ccc(CNC(=O)[C@H](O)[C@@H](O)C(=O)N2CCC(C(C)=O)(c3ccccc3)CC2)cc1. The summed E-state index contributed by atoms with van der Waals surface area (Å²) in [6.45, 7) is 2.16. The summed E-state index contributed by atoms with van der Waals surface area (Å²) in [7, 11) is 1.55. The first-order valence-electron chi connectivity index (χ1n) is 10.9. The number of hydrogen-bond donors (Lipinski definition) is 3. The standard InChI is InChI=1S/C25H30N2O6/c1-17(28)25(19-6-4-3-5-7-19)12-14-27(15-13-25)24(32)22(30)21(29)23(31)26-16-18-8-10-20(33-2)11-9-18/h3-11,21-22,29-30H,12-16H2,1-2H3,(H,26,31)/t21-,22-/m1/s1. The largest absolute Gasteiger partial charge is 0.497 e. The van der Waals surface area contributed by atoms with Gasteiger partial charge in [0, 0.05) is 19.6 Å². The zero-order valence-corrected chi connectivity index (χ0v) is 18.9. The van der Waals surface area contributed by atoms with Crippen LogP contribution in [0.5, 0.6) is 5.75 Å². The molecule has 0 aromatic heterocycles. The van der Waals surface area contributed by atoms with Crippen LogP contribution in [0.1, 0.15) is 30.9 Å². The van der Waals surface area contributed by atoms with E-state index >= 15 is 0 Å². The van der Waals surface area contributed by atoms with Crippen LogP contribution in [0.15, 0.2) is 54.6 Å². The van der Waals surface area contributed by atoms with E-state index in [1.54, 1.807) is 38.3 Å². The van der Waals surface area contributed by atoms with E-state index in [0.29, 0.717) is 18.6 Å². The second kappa shape index (κ2) is 10.6. The van der Waals surface area contributed by atoms with Gasteiger partial charge in [-0.05, 0) is 43.0 Å². The van der Waals surface area contributed by atoms with Gasteiger partial charge in [0.1, 0.15) is 11.5 Å². The maximum Gasteiger partial charge on any atom is 0.254 e. The number of Topliss-reactive ketones (excluding diaryl/α,β-unsaturated/α-hetero) is 1. The number of carbonyl (C=O) groups excluding carboxylic acids is 3. The summed E-state index contributed by atoms with van der Waals surface area (Å²) < 4.78 is 5.08. The summed E-state index contributed by atoms with van der Waals surface area (Å²) >= 11 is 0. The van der Waals surface area contributed by atoms with Crippen molar-refractivity contribution in [3.05, 3.63) is 65.7 Å². The second-order valence-electron chi connectivity index (χ2n) is 8.29. The van der Waals surface area contributed by atoms with Crippen molar-refractivity contribution < 1.29 is 29.3 Å². The van der Waals surface area contributed by atoms with Gasteiger partial charge in [-0.15, -0.1) is 0 Å². The molecule has 3 rings (SSSR count). The fraction of sp³-hybridized carbons (Fsp3) is 0.400. The minimum atomic E-state index is -1.90. The smallest absolute Gasteiger partial charge is 0.254 e. The van der Waals surface area contributed by atoms with Crippen molar-refractivity contribution in [1.29, 1.82) is 0 Å². The molecule has 0 unspecified atom stereocenters. The van der Waals surface area contributed by atoms with Crippen LogP contribution in [0.2, 0.25) is 0 Å². The average molecular weight is 455 g/mol. The van der Waals surface area contributed by atoms with Crippen molar-refractivity contribution in [2.24, 2.45) is 0 Å². The molecule has 0 bridgehead atoms. The predicted molar refractivity (Wildman–Crippen MR) is 121 cm³/mol. The molecule has 0 saturated carbocycles. The van der Waals surface area contributed by atoms with Crippen LogP contribution < -0.4 is 10.1 Å². The number of piperidine rings is 1. The predicted octanol–water partition coefficient (Wildman–Crippen LogP) is 1.18. The van der Waals surface area contributed by atoms with Gasteiger partial charge >= 0.3 is 0 Å². The quantitative estimate of drug-likeness (QED) is 0.552. The monoisotopic (exact) mass is 454 g/mol. The molecule has 33 heavy (non-hydrogen) atoms. The van der Waals surface area contributed by atoms with Crippen molar-refractivity contribution in [2.45, 2.75) is 43.9 Å². The first-order valence-corrected chi connectivity index (χ1v) is 10.9. The molecule has 1 saturated heterocycles. The molecule has 2 aromatic carbocycles. The van der Waals surface area contributed by atoms with Crippen molar-refractivity contribution in [1.82, 2.24) is 10.2 Å². The zero-order chi connectivity index (χ0) is 24.0. The number of aliphatic hydroxyl groups excluding tert-OH is 2. The molecule has 2 amide bonds. The van der Waals surface area contributed by atoms with Crippen LogP contribution in [-0.4, -0.2) is 65.1 Å². The molecule has 2 atom stereocenters. The third-order valence-electron chi connectivity index (χ3n) is 6.38. The van der Waals surface area contributed by atoms with Crippen molar-refractivity contribution >= 4 is 17.6 Å². The van der Waals surface area contributed by atoms with Crippen molar-refractivity contribution in [2.75, 3.05) is 20.2 Å². The first kappa shape index (κ1) is 24.4. The van der Waals surface area contributed by atoms with E-state index < -0.39 is 29.4 Å². The molecule has 2 aromatic rings. The number of amides is 2. The summed E-state index contributed by atoms with van der Waals surface area (Å²) in [5.74, 6) is -0.869. The van der Waals surface area contributed by atoms with E-state index in [1.807, 2.05) is 30.3 Å². The molecule has 1 fully saturated rings. The Hall–Kier alpha value is -3.23. The van der Waals surface area contributed by atoms with Crippen LogP contribution in [0.3, 0.4) is 0 Å². The van der Waals surface area contributed by atoms with Gasteiger partial charge in [-0.1, -0.05) is 42.5 Å². The molecule has 0 aliphatic carbocycles. The number of benzene rings is 2. The van der Waals surface area contributed by atoms with Crippen molar-refractivity contribution in [3.63, 3.8) is 0 Å². The maximum atomic E-state index is 12.7. The van der Waals surface area contributed by atoms with Crippen molar-refractivity contribution in [3.8, 4) is 5.75 Å². The Bertz CT molecular complexity index is 968. The number of ether oxygens (including phenoxy) is 1. The molecule has 0 spiro atoms. The number of carbonyl (C=O) groups is 3. The second-order valence-corrected chi connectivity index (χ2v) is 8.29. The Morgan fingerprint density at radius 3 is 2.15 bits per heavy atom. The van der Waals surface area contributed by atoms with Gasteiger partial charge in [0.2, 0.25) is 0 Å². The maximum absolute atomic E-state index is 12.7. The Balaban J connectivity index is 1.57. The van der Waals surface area contributed by atoms with Crippen LogP contribution in [0.25, 0.3) is 0 Å². The lowest BCUT2D eigenvalue weighted by molar-refractivity contribution is -0.154. The highest BCUT2D eigenvalue weighted by atomic mass is 16.5. The molecule has 1 aliphatic heterocycles. The number of aliphatic hydroxyl groups is 2. The Kier molecular flexibility index (Phi) is 7.84. The van der Waals surface area contributed by atoms with Crippen LogP contribution in [-0.2, 0) is 26.3 Å². The van der Waals surface area contributed by atoms with E-state index in [4.69, 9.17) is 4.74 Å². The van der Waals surface area contributed by atoms with Gasteiger partial charge in [0.05, 0.1) is 12.5 Å². The van der Waals surface area contributed by atoms with Gasteiger partial charge in [-0.2, -0.15) is 0 Å². The lowest BCUT2D eigenvalue weighted by Gasteiger charge is -2.41. The van der Waals surface area contributed by atoms with Crippen LogP contribution in [0, 0.1) is 0 Å². The van der Waals surface area contributed by atoms with Gasteiger partial charge in [0.15, 0.2) is 12.2 Å². The Labute approximate surface area is 193 Å². The lowest BCUT2D eigenvalue weighted by atomic mass is 9.70. The molecule has 176 valence electrons. The molecule has 8 heteroatoms. The van der Waals surface area contributed by atoms with E-state index in [0.717, 1.165) is 11.1 Å². The third-order valence-corrected chi connectivity index (χ3v) is 6.38. The van der Waals surface area contributed by atoms with E-state index in [-0.39, 0.29) is 25.4 Å². The minimum Gasteiger partial charge on any atom is -0.497 e. The molecular formula is C25H30N2O6. The number of rotatable bonds is 8. The summed E-state index contributed by atoms with van der Waals surface area (Å²) in [4.78, 5) is 38.9. The molecular weight excluding hydrogens is 424 g/mol. The summed E-state index contributed by atoms with van der Waals surface area (Å²) in [6.07, 6.45) is -2.97. The van der Waals surface area contributed by atoms with Crippen LogP contribution >= 0.6 is 0 Å². The topological polar surface area (TPSA) is 116 Å². The number of ketones is 1. The van der Waals surface area contributed by atoms with Gasteiger partial charge in [0.25, 0.3) is 11.8 Å². The van der Waals surface area contributed by atoms with E-state index in [1.165, 1.54) is 4.90 Å². The summed E-state index contributed by atoms with van der Waals surface area (Å²) in [5.41, 5.74) is 0.995. The highest BCUT2D eigenvalue weighted by molar-refractivity contribution is 5.91. The molecule has 0 radical (unpaired) electrons.